The van der Waals surface area contributed by atoms with Gasteiger partial charge in [0.25, 0.3) is 0 Å². The summed E-state index contributed by atoms with van der Waals surface area (Å²) >= 11 is 0. The summed E-state index contributed by atoms with van der Waals surface area (Å²) < 4.78 is 23.4. The first-order chi connectivity index (χ1) is 15.1. The number of allylic oxidation sites excluding steroid dienone is 1. The Balaban J connectivity index is 1.68. The number of ether oxygens (including phenoxy) is 4. The van der Waals surface area contributed by atoms with Gasteiger partial charge in [-0.15, -0.1) is 0 Å². The Kier molecular flexibility index (Phi) is 8.53. The second-order valence-corrected chi connectivity index (χ2v) is 9.36. The molecule has 2 heterocycles. The van der Waals surface area contributed by atoms with Gasteiger partial charge >= 0.3 is 0 Å². The highest BCUT2D eigenvalue weighted by atomic mass is 16.7. The van der Waals surface area contributed by atoms with Gasteiger partial charge in [0.15, 0.2) is 6.29 Å². The largest absolute Gasteiger partial charge is 0.468 e. The number of aliphatic hydroxyl groups is 3. The summed E-state index contributed by atoms with van der Waals surface area (Å²) in [7, 11) is 1.63. The van der Waals surface area contributed by atoms with Crippen LogP contribution in [0.4, 0.5) is 0 Å². The first-order valence-electron chi connectivity index (χ1n) is 11.4. The number of nitrogens with two attached hydrogens (primary N) is 3. The number of hydrogen-bond acceptors (Lipinski definition) is 11. The number of likely N-dealkylation sites (N-methyl/N-ethyl adjacent to an activating group) is 1. The quantitative estimate of drug-likeness (QED) is 0.222. The molecule has 2 aliphatic heterocycles. The van der Waals surface area contributed by atoms with Crippen molar-refractivity contribution in [2.75, 3.05) is 13.7 Å². The molecule has 11 atom stereocenters. The van der Waals surface area contributed by atoms with Crippen LogP contribution >= 0.6 is 0 Å². The molecule has 1 unspecified atom stereocenters. The number of hydrogen-bond donors (Lipinski definition) is 7. The molecule has 0 radical (unpaired) electrons. The molecule has 2 fully saturated rings. The highest BCUT2D eigenvalue weighted by Gasteiger charge is 2.50. The maximum atomic E-state index is 11.1. The summed E-state index contributed by atoms with van der Waals surface area (Å²) in [5, 5.41) is 35.1. The zero-order valence-corrected chi connectivity index (χ0v) is 19.1. The Morgan fingerprint density at radius 1 is 1.09 bits per heavy atom. The predicted molar refractivity (Wildman–Crippen MR) is 116 cm³/mol. The molecule has 0 aromatic rings. The van der Waals surface area contributed by atoms with Gasteiger partial charge in [0.1, 0.15) is 30.0 Å². The van der Waals surface area contributed by atoms with Crippen LogP contribution in [0.2, 0.25) is 0 Å². The van der Waals surface area contributed by atoms with E-state index in [4.69, 9.17) is 36.1 Å². The van der Waals surface area contributed by atoms with Crippen molar-refractivity contribution < 1.29 is 34.3 Å². The molecule has 0 aromatic carbocycles. The molecule has 0 aromatic heterocycles. The number of rotatable bonds is 7. The maximum Gasteiger partial charge on any atom is 0.215 e. The molecule has 0 bridgehead atoms. The van der Waals surface area contributed by atoms with Gasteiger partial charge in [0, 0.05) is 18.5 Å². The lowest BCUT2D eigenvalue weighted by Gasteiger charge is -2.48. The summed E-state index contributed by atoms with van der Waals surface area (Å²) in [4.78, 5) is 0. The lowest BCUT2D eigenvalue weighted by Crippen LogP contribution is -2.68. The van der Waals surface area contributed by atoms with Crippen LogP contribution in [0.15, 0.2) is 11.8 Å². The molecule has 1 aliphatic carbocycles. The Labute approximate surface area is 189 Å². The van der Waals surface area contributed by atoms with Gasteiger partial charge in [-0.1, -0.05) is 6.92 Å². The maximum absolute atomic E-state index is 11.1. The van der Waals surface area contributed by atoms with Gasteiger partial charge in [0.2, 0.25) is 6.29 Å². The summed E-state index contributed by atoms with van der Waals surface area (Å²) in [6, 6.07) is -2.25. The summed E-state index contributed by atoms with van der Waals surface area (Å²) in [6.07, 6.45) is -1.39. The van der Waals surface area contributed by atoms with Gasteiger partial charge in [-0.2, -0.15) is 0 Å². The van der Waals surface area contributed by atoms with E-state index in [0.717, 1.165) is 18.6 Å². The fourth-order valence-electron chi connectivity index (χ4n) is 4.71. The lowest BCUT2D eigenvalue weighted by atomic mass is 9.84. The zero-order valence-electron chi connectivity index (χ0n) is 19.1. The molecule has 3 rings (SSSR count). The van der Waals surface area contributed by atoms with Gasteiger partial charge in [0.05, 0.1) is 24.4 Å². The minimum absolute atomic E-state index is 0.0605. The highest BCUT2D eigenvalue weighted by Crippen LogP contribution is 2.31. The second kappa shape index (κ2) is 10.6. The van der Waals surface area contributed by atoms with E-state index >= 15 is 0 Å². The second-order valence-electron chi connectivity index (χ2n) is 9.36. The minimum Gasteiger partial charge on any atom is -0.468 e. The average molecular weight is 461 g/mol. The first-order valence-corrected chi connectivity index (χ1v) is 11.4. The summed E-state index contributed by atoms with van der Waals surface area (Å²) in [5.41, 5.74) is 17.4. The van der Waals surface area contributed by atoms with Gasteiger partial charge < -0.3 is 56.8 Å². The van der Waals surface area contributed by atoms with Crippen LogP contribution in [0.3, 0.4) is 0 Å². The fraction of sp³-hybridized carbons (Fsp3) is 0.905. The third kappa shape index (κ3) is 5.44. The highest BCUT2D eigenvalue weighted by molar-refractivity contribution is 5.04. The van der Waals surface area contributed by atoms with E-state index < -0.39 is 66.8 Å². The molecular formula is C21H40N4O7. The van der Waals surface area contributed by atoms with Gasteiger partial charge in [-0.05, 0) is 39.3 Å². The fourth-order valence-corrected chi connectivity index (χ4v) is 4.71. The third-order valence-electron chi connectivity index (χ3n) is 6.52. The van der Waals surface area contributed by atoms with Crippen molar-refractivity contribution in [3.05, 3.63) is 11.8 Å². The molecule has 1 saturated carbocycles. The molecule has 186 valence electrons. The molecule has 0 spiro atoms. The van der Waals surface area contributed by atoms with Gasteiger partial charge in [-0.3, -0.25) is 0 Å². The van der Waals surface area contributed by atoms with E-state index in [1.165, 1.54) is 0 Å². The van der Waals surface area contributed by atoms with Crippen LogP contribution in [-0.2, 0) is 18.9 Å². The topological polar surface area (TPSA) is 188 Å². The van der Waals surface area contributed by atoms with Crippen LogP contribution in [0.1, 0.15) is 39.5 Å². The van der Waals surface area contributed by atoms with Crippen LogP contribution < -0.4 is 22.5 Å². The lowest BCUT2D eigenvalue weighted by molar-refractivity contribution is -0.303. The summed E-state index contributed by atoms with van der Waals surface area (Å²) in [5.74, 6) is 0.812. The monoisotopic (exact) mass is 460 g/mol. The third-order valence-corrected chi connectivity index (χ3v) is 6.52. The van der Waals surface area contributed by atoms with Crippen LogP contribution in [-0.4, -0.2) is 95.7 Å². The van der Waals surface area contributed by atoms with E-state index in [9.17, 15) is 15.3 Å². The molecule has 32 heavy (non-hydrogen) atoms. The van der Waals surface area contributed by atoms with Crippen molar-refractivity contribution in [2.24, 2.45) is 17.2 Å². The van der Waals surface area contributed by atoms with E-state index in [-0.39, 0.29) is 6.61 Å². The van der Waals surface area contributed by atoms with Crippen LogP contribution in [0.5, 0.6) is 0 Å². The Bertz CT molecular complexity index is 652. The van der Waals surface area contributed by atoms with E-state index in [0.29, 0.717) is 12.8 Å². The smallest absolute Gasteiger partial charge is 0.215 e. The normalized spacial score (nSPS) is 47.6. The van der Waals surface area contributed by atoms with Crippen LogP contribution in [0.25, 0.3) is 0 Å². The Morgan fingerprint density at radius 3 is 2.31 bits per heavy atom. The SMILES string of the molecule is CCCC1=CC[C@@H](N)[C@@H](O[C@H]2C(O)[C@@H](O[C@H]3OC[C@](C)(O)[C@H](NC)[C@H]3O)[C@H](N)C[C@@H]2N)O1. The van der Waals surface area contributed by atoms with Crippen molar-refractivity contribution in [2.45, 2.75) is 106 Å². The van der Waals surface area contributed by atoms with Crippen molar-refractivity contribution in [1.82, 2.24) is 5.32 Å². The Hall–Kier alpha value is -0.860. The van der Waals surface area contributed by atoms with Crippen molar-refractivity contribution in [3.63, 3.8) is 0 Å². The molecule has 11 heteroatoms. The van der Waals surface area contributed by atoms with Crippen molar-refractivity contribution in [3.8, 4) is 0 Å². The van der Waals surface area contributed by atoms with Crippen LogP contribution in [0, 0.1) is 0 Å². The molecule has 1 saturated heterocycles. The number of aliphatic hydroxyl groups excluding tert-OH is 2. The van der Waals surface area contributed by atoms with Crippen molar-refractivity contribution in [1.29, 1.82) is 0 Å². The molecule has 10 N–H and O–H groups in total. The van der Waals surface area contributed by atoms with E-state index in [1.54, 1.807) is 14.0 Å². The Morgan fingerprint density at radius 2 is 1.72 bits per heavy atom. The molecular weight excluding hydrogens is 420 g/mol. The zero-order chi connectivity index (χ0) is 23.6. The summed E-state index contributed by atoms with van der Waals surface area (Å²) in [6.45, 7) is 3.56. The molecule has 11 nitrogen and oxygen atoms in total. The van der Waals surface area contributed by atoms with Gasteiger partial charge in [-0.25, -0.2) is 0 Å². The predicted octanol–water partition coefficient (Wildman–Crippen LogP) is -2.01. The molecule has 0 amide bonds. The van der Waals surface area contributed by atoms with E-state index in [2.05, 4.69) is 12.2 Å². The minimum atomic E-state index is -1.28. The number of nitrogens with one attached hydrogen (secondary N) is 1. The van der Waals surface area contributed by atoms with Crippen molar-refractivity contribution >= 4 is 0 Å². The standard InChI is InChI=1S/C21H40N4O7/c1-4-5-10-6-7-11(22)19(30-10)31-16-12(23)8-13(24)17(14(16)26)32-20-15(27)18(25-3)21(2,28)9-29-20/h6,11-20,25-28H,4-5,7-9,22-24H2,1-3H3/t11-,12+,13-,14?,15-,16-,17+,18-,19-,20-,21+/m1/s1. The first kappa shape index (κ1) is 25.8. The molecule has 3 aliphatic rings. The van der Waals surface area contributed by atoms with E-state index in [1.807, 2.05) is 6.08 Å². The average Bonchev–Trinajstić information content (AvgIpc) is 2.72.